The Kier molecular flexibility index (Phi) is 26.7. The van der Waals surface area contributed by atoms with E-state index in [0.717, 1.165) is 65.0 Å². The average Bonchev–Trinajstić information content (AvgIpc) is 2.69. The van der Waals surface area contributed by atoms with E-state index in [4.69, 9.17) is 19.8 Å². The molecular formula is C20H42N4O8. The van der Waals surface area contributed by atoms with Gasteiger partial charge in [-0.2, -0.15) is 0 Å². The molecule has 2 N–H and O–H groups in total. The summed E-state index contributed by atoms with van der Waals surface area (Å²) in [5.74, 6) is -4.37. The number of hydrogen-bond donors (Lipinski definition) is 2. The number of carbonyl (C=O) groups excluding carboxylic acids is 2. The van der Waals surface area contributed by atoms with Gasteiger partial charge in [-0.15, -0.1) is 0 Å². The number of carboxylic acid groups (broad SMARTS) is 2. The maximum atomic E-state index is 10.1. The summed E-state index contributed by atoms with van der Waals surface area (Å²) in [5.41, 5.74) is 0. The molecule has 0 unspecified atom stereocenters. The standard InChI is InChI=1S/2C9H20N2O2.C2H2O4/c2*1-3-6-10(7-4-2)8-5-9-11(12)13;3-1(4)2(5)6/h2*3-9H2,1-2H3;(H,3,4)(H,5,6). The molecule has 0 bridgehead atoms. The van der Waals surface area contributed by atoms with Crippen molar-refractivity contribution in [1.29, 1.82) is 0 Å². The third-order valence-electron chi connectivity index (χ3n) is 4.32. The van der Waals surface area contributed by atoms with Crippen LogP contribution in [0.5, 0.6) is 0 Å². The lowest BCUT2D eigenvalue weighted by Crippen LogP contribution is -3.12. The van der Waals surface area contributed by atoms with Gasteiger partial charge in [-0.25, -0.2) is 0 Å². The Bertz CT molecular complexity index is 450. The highest BCUT2D eigenvalue weighted by Gasteiger charge is 2.08. The molecule has 0 spiro atoms. The second-order valence-corrected chi connectivity index (χ2v) is 7.39. The number of nitrogens with one attached hydrogen (secondary N) is 2. The Balaban J connectivity index is -0.000000422. The van der Waals surface area contributed by atoms with Crippen LogP contribution in [0.15, 0.2) is 0 Å². The topological polar surface area (TPSA) is 175 Å². The Morgan fingerprint density at radius 1 is 0.594 bits per heavy atom. The van der Waals surface area contributed by atoms with Crippen LogP contribution in [-0.2, 0) is 9.59 Å². The molecule has 0 heterocycles. The molecule has 0 saturated carbocycles. The van der Waals surface area contributed by atoms with E-state index in [2.05, 4.69) is 27.7 Å². The van der Waals surface area contributed by atoms with Gasteiger partial charge < -0.3 is 29.6 Å². The third kappa shape index (κ3) is 29.9. The molecule has 12 nitrogen and oxygen atoms in total. The maximum absolute atomic E-state index is 10.1. The highest BCUT2D eigenvalue weighted by molar-refractivity contribution is 6.25. The third-order valence-corrected chi connectivity index (χ3v) is 4.32. The number of carboxylic acids is 2. The predicted octanol–water partition coefficient (Wildman–Crippen LogP) is -2.80. The second-order valence-electron chi connectivity index (χ2n) is 7.39. The van der Waals surface area contributed by atoms with Crippen LogP contribution in [0.3, 0.4) is 0 Å². The van der Waals surface area contributed by atoms with E-state index in [1.54, 1.807) is 0 Å². The first-order valence-corrected chi connectivity index (χ1v) is 11.4. The Labute approximate surface area is 190 Å². The summed E-state index contributed by atoms with van der Waals surface area (Å²) in [6, 6.07) is 0. The number of carbonyl (C=O) groups is 2. The fourth-order valence-corrected chi connectivity index (χ4v) is 3.08. The van der Waals surface area contributed by atoms with Crippen molar-refractivity contribution < 1.29 is 39.4 Å². The van der Waals surface area contributed by atoms with Crippen LogP contribution in [0.2, 0.25) is 0 Å². The van der Waals surface area contributed by atoms with E-state index in [1.165, 1.54) is 9.80 Å². The van der Waals surface area contributed by atoms with E-state index in [0.29, 0.717) is 12.8 Å². The van der Waals surface area contributed by atoms with Gasteiger partial charge in [0.25, 0.3) is 0 Å². The first kappa shape index (κ1) is 34.3. The van der Waals surface area contributed by atoms with Gasteiger partial charge in [0.2, 0.25) is 13.1 Å². The molecule has 0 aromatic rings. The molecule has 0 radical (unpaired) electrons. The zero-order valence-electron chi connectivity index (χ0n) is 20.1. The van der Waals surface area contributed by atoms with Gasteiger partial charge in [-0.05, 0) is 25.7 Å². The van der Waals surface area contributed by atoms with Crippen LogP contribution < -0.4 is 20.0 Å². The molecule has 0 rings (SSSR count). The van der Waals surface area contributed by atoms with Crippen LogP contribution >= 0.6 is 0 Å². The van der Waals surface area contributed by atoms with E-state index in [9.17, 15) is 20.2 Å². The van der Waals surface area contributed by atoms with Crippen molar-refractivity contribution in [3.63, 3.8) is 0 Å². The normalized spacial score (nSPS) is 10.1. The van der Waals surface area contributed by atoms with Crippen LogP contribution in [0.1, 0.15) is 66.2 Å². The van der Waals surface area contributed by atoms with Crippen molar-refractivity contribution in [2.24, 2.45) is 0 Å². The summed E-state index contributed by atoms with van der Waals surface area (Å²) in [6.45, 7) is 15.3. The van der Waals surface area contributed by atoms with Crippen molar-refractivity contribution in [2.45, 2.75) is 66.2 Å². The lowest BCUT2D eigenvalue weighted by atomic mass is 10.3. The van der Waals surface area contributed by atoms with E-state index in [-0.39, 0.29) is 22.9 Å². The first-order chi connectivity index (χ1) is 15.0. The fraction of sp³-hybridized carbons (Fsp3) is 0.900. The lowest BCUT2D eigenvalue weighted by Gasteiger charge is -2.16. The summed E-state index contributed by atoms with van der Waals surface area (Å²) in [4.78, 5) is 40.6. The highest BCUT2D eigenvalue weighted by Crippen LogP contribution is 1.78. The minimum atomic E-state index is -2.19. The van der Waals surface area contributed by atoms with E-state index in [1.807, 2.05) is 0 Å². The largest absolute Gasteiger partial charge is 0.543 e. The Morgan fingerprint density at radius 3 is 1.00 bits per heavy atom. The van der Waals surface area contributed by atoms with Gasteiger partial charge in [0.05, 0.1) is 64.0 Å². The molecular weight excluding hydrogens is 424 g/mol. The quantitative estimate of drug-likeness (QED) is 0.139. The minimum absolute atomic E-state index is 0.122. The molecule has 0 aliphatic carbocycles. The zero-order valence-corrected chi connectivity index (χ0v) is 20.1. The molecule has 0 amide bonds. The summed E-state index contributed by atoms with van der Waals surface area (Å²) in [5, 5.41) is 38.0. The van der Waals surface area contributed by atoms with Crippen LogP contribution in [0.4, 0.5) is 0 Å². The number of quaternary nitrogens is 2. The van der Waals surface area contributed by atoms with Crippen molar-refractivity contribution in [2.75, 3.05) is 52.4 Å². The molecule has 0 aliphatic heterocycles. The molecule has 0 saturated heterocycles. The maximum Gasteiger partial charge on any atom is 0.209 e. The van der Waals surface area contributed by atoms with E-state index >= 15 is 0 Å². The molecule has 0 atom stereocenters. The van der Waals surface area contributed by atoms with E-state index < -0.39 is 11.9 Å². The van der Waals surface area contributed by atoms with Gasteiger partial charge in [-0.1, -0.05) is 27.7 Å². The molecule has 32 heavy (non-hydrogen) atoms. The van der Waals surface area contributed by atoms with Gasteiger partial charge in [0.15, 0.2) is 0 Å². The van der Waals surface area contributed by atoms with Crippen LogP contribution in [-0.4, -0.2) is 74.1 Å². The molecule has 12 heteroatoms. The molecule has 190 valence electrons. The van der Waals surface area contributed by atoms with Crippen molar-refractivity contribution >= 4 is 11.9 Å². The summed E-state index contributed by atoms with van der Waals surface area (Å²) >= 11 is 0. The van der Waals surface area contributed by atoms with Gasteiger partial charge in [-0.3, -0.25) is 20.2 Å². The zero-order chi connectivity index (χ0) is 25.4. The average molecular weight is 467 g/mol. The Hall–Kier alpha value is -2.34. The summed E-state index contributed by atoms with van der Waals surface area (Å²) < 4.78 is 0. The SMILES string of the molecule is CCC[NH+](CCC)CCC[N+](=O)[O-].CCC[NH+](CCC)CCC[N+](=O)[O-].O=C([O-])C(=O)[O-]. The number of rotatable bonds is 16. The van der Waals surface area contributed by atoms with Crippen LogP contribution in [0, 0.1) is 20.2 Å². The van der Waals surface area contributed by atoms with Gasteiger partial charge in [0.1, 0.15) is 0 Å². The first-order valence-electron chi connectivity index (χ1n) is 11.4. The fourth-order valence-electron chi connectivity index (χ4n) is 3.08. The molecule has 0 aromatic carbocycles. The number of aliphatic carboxylic acids is 2. The van der Waals surface area contributed by atoms with Crippen molar-refractivity contribution in [3.8, 4) is 0 Å². The molecule has 0 aromatic heterocycles. The van der Waals surface area contributed by atoms with Crippen molar-refractivity contribution in [3.05, 3.63) is 20.2 Å². The summed E-state index contributed by atoms with van der Waals surface area (Å²) in [6.07, 6.45) is 6.06. The smallest absolute Gasteiger partial charge is 0.209 e. The van der Waals surface area contributed by atoms with Gasteiger partial charge >= 0.3 is 0 Å². The van der Waals surface area contributed by atoms with Gasteiger partial charge in [0, 0.05) is 9.85 Å². The lowest BCUT2D eigenvalue weighted by molar-refractivity contribution is -0.901. The number of nitro groups is 2. The van der Waals surface area contributed by atoms with Crippen LogP contribution in [0.25, 0.3) is 0 Å². The predicted molar refractivity (Wildman–Crippen MR) is 115 cm³/mol. The minimum Gasteiger partial charge on any atom is -0.543 e. The molecule has 0 fully saturated rings. The monoisotopic (exact) mass is 466 g/mol. The number of hydrogen-bond acceptors (Lipinski definition) is 8. The highest BCUT2D eigenvalue weighted by atomic mass is 16.6. The number of nitrogens with zero attached hydrogens (tertiary/aromatic N) is 2. The second kappa shape index (κ2) is 24.9. The Morgan fingerprint density at radius 2 is 0.844 bits per heavy atom. The van der Waals surface area contributed by atoms with Crippen molar-refractivity contribution in [1.82, 2.24) is 0 Å². The summed E-state index contributed by atoms with van der Waals surface area (Å²) in [7, 11) is 0. The molecule has 0 aliphatic rings.